The average Bonchev–Trinajstić information content (AvgIpc) is 2.65. The van der Waals surface area contributed by atoms with Crippen molar-refractivity contribution >= 4 is 11.9 Å². The summed E-state index contributed by atoms with van der Waals surface area (Å²) in [4.78, 5) is 26.0. The molecule has 0 aromatic heterocycles. The van der Waals surface area contributed by atoms with Gasteiger partial charge in [0.05, 0.1) is 19.8 Å². The highest BCUT2D eigenvalue weighted by atomic mass is 19.1. The van der Waals surface area contributed by atoms with Gasteiger partial charge in [-0.3, -0.25) is 4.79 Å². The van der Waals surface area contributed by atoms with Gasteiger partial charge in [-0.25, -0.2) is 9.18 Å². The molecule has 26 heavy (non-hydrogen) atoms. The SMILES string of the molecule is COc1cc(F)c(C(=O)N2CCc3ccccc3C2C(=O)O)cc1OC. The molecular formula is C19H18FNO5. The van der Waals surface area contributed by atoms with Gasteiger partial charge in [0.15, 0.2) is 17.5 Å². The lowest BCUT2D eigenvalue weighted by Crippen LogP contribution is -2.43. The fourth-order valence-electron chi connectivity index (χ4n) is 3.22. The number of carboxylic acids is 1. The van der Waals surface area contributed by atoms with Crippen LogP contribution < -0.4 is 9.47 Å². The molecule has 6 nitrogen and oxygen atoms in total. The lowest BCUT2D eigenvalue weighted by molar-refractivity contribution is -0.143. The Balaban J connectivity index is 2.03. The maximum atomic E-state index is 14.5. The van der Waals surface area contributed by atoms with Crippen LogP contribution in [0.4, 0.5) is 4.39 Å². The molecule has 2 aromatic carbocycles. The number of hydrogen-bond donors (Lipinski definition) is 1. The molecule has 1 N–H and O–H groups in total. The number of carbonyl (C=O) groups excluding carboxylic acids is 1. The third-order valence-electron chi connectivity index (χ3n) is 4.48. The first-order chi connectivity index (χ1) is 12.5. The van der Waals surface area contributed by atoms with E-state index < -0.39 is 23.7 Å². The first-order valence-corrected chi connectivity index (χ1v) is 8.01. The van der Waals surface area contributed by atoms with E-state index in [0.717, 1.165) is 11.6 Å². The first-order valence-electron chi connectivity index (χ1n) is 8.01. The fourth-order valence-corrected chi connectivity index (χ4v) is 3.22. The van der Waals surface area contributed by atoms with Crippen LogP contribution in [0.5, 0.6) is 11.5 Å². The molecule has 2 aromatic rings. The smallest absolute Gasteiger partial charge is 0.331 e. The van der Waals surface area contributed by atoms with E-state index in [1.54, 1.807) is 12.1 Å². The zero-order chi connectivity index (χ0) is 18.8. The molecule has 1 aliphatic rings. The van der Waals surface area contributed by atoms with Crippen molar-refractivity contribution in [3.05, 3.63) is 58.9 Å². The van der Waals surface area contributed by atoms with E-state index in [1.165, 1.54) is 25.2 Å². The number of fused-ring (bicyclic) bond motifs is 1. The van der Waals surface area contributed by atoms with Gasteiger partial charge in [-0.05, 0) is 23.6 Å². The van der Waals surface area contributed by atoms with Gasteiger partial charge in [0, 0.05) is 12.6 Å². The minimum absolute atomic E-state index is 0.153. The van der Waals surface area contributed by atoms with Gasteiger partial charge in [-0.15, -0.1) is 0 Å². The minimum atomic E-state index is -1.17. The van der Waals surface area contributed by atoms with Crippen LogP contribution in [0.15, 0.2) is 36.4 Å². The van der Waals surface area contributed by atoms with Crippen LogP contribution in [0, 0.1) is 5.82 Å². The topological polar surface area (TPSA) is 76.1 Å². The van der Waals surface area contributed by atoms with Crippen LogP contribution >= 0.6 is 0 Å². The standard InChI is InChI=1S/C19H18FNO5/c1-25-15-9-13(14(20)10-16(15)26-2)18(22)21-8-7-11-5-3-4-6-12(11)17(21)19(23)24/h3-6,9-10,17H,7-8H2,1-2H3,(H,23,24). The molecule has 0 saturated carbocycles. The van der Waals surface area contributed by atoms with Gasteiger partial charge in [0.2, 0.25) is 0 Å². The van der Waals surface area contributed by atoms with Crippen molar-refractivity contribution in [3.63, 3.8) is 0 Å². The Bertz CT molecular complexity index is 867. The molecule has 0 saturated heterocycles. The first kappa shape index (κ1) is 17.7. The number of rotatable bonds is 4. The van der Waals surface area contributed by atoms with Crippen LogP contribution in [-0.4, -0.2) is 42.6 Å². The van der Waals surface area contributed by atoms with Gasteiger partial charge >= 0.3 is 5.97 Å². The summed E-state index contributed by atoms with van der Waals surface area (Å²) in [6, 6.07) is 8.18. The second kappa shape index (κ2) is 7.03. The van der Waals surface area contributed by atoms with E-state index in [-0.39, 0.29) is 23.6 Å². The summed E-state index contributed by atoms with van der Waals surface area (Å²) >= 11 is 0. The van der Waals surface area contributed by atoms with E-state index in [1.807, 2.05) is 12.1 Å². The Morgan fingerprint density at radius 1 is 1.15 bits per heavy atom. The lowest BCUT2D eigenvalue weighted by Gasteiger charge is -2.35. The maximum absolute atomic E-state index is 14.5. The summed E-state index contributed by atoms with van der Waals surface area (Å²) in [5.41, 5.74) is 1.16. The average molecular weight is 359 g/mol. The Morgan fingerprint density at radius 3 is 2.46 bits per heavy atom. The van der Waals surface area contributed by atoms with E-state index in [4.69, 9.17) is 9.47 Å². The molecule has 0 bridgehead atoms. The molecule has 3 rings (SSSR count). The molecular weight excluding hydrogens is 341 g/mol. The van der Waals surface area contributed by atoms with Crippen molar-refractivity contribution in [1.29, 1.82) is 0 Å². The van der Waals surface area contributed by atoms with Gasteiger partial charge in [0.1, 0.15) is 5.82 Å². The Hall–Kier alpha value is -3.09. The zero-order valence-corrected chi connectivity index (χ0v) is 14.4. The predicted octanol–water partition coefficient (Wildman–Crippen LogP) is 2.67. The number of benzene rings is 2. The lowest BCUT2D eigenvalue weighted by atomic mass is 9.92. The molecule has 1 amide bonds. The van der Waals surface area contributed by atoms with Crippen LogP contribution in [0.1, 0.15) is 27.5 Å². The molecule has 1 aliphatic heterocycles. The maximum Gasteiger partial charge on any atom is 0.331 e. The summed E-state index contributed by atoms with van der Waals surface area (Å²) in [5, 5.41) is 9.67. The van der Waals surface area contributed by atoms with Crippen molar-refractivity contribution in [2.24, 2.45) is 0 Å². The number of carboxylic acid groups (broad SMARTS) is 1. The third-order valence-corrected chi connectivity index (χ3v) is 4.48. The molecule has 0 radical (unpaired) electrons. The quantitative estimate of drug-likeness (QED) is 0.908. The molecule has 1 unspecified atom stereocenters. The van der Waals surface area contributed by atoms with Crippen molar-refractivity contribution in [2.75, 3.05) is 20.8 Å². The minimum Gasteiger partial charge on any atom is -0.493 e. The van der Waals surface area contributed by atoms with Gasteiger partial charge < -0.3 is 19.5 Å². The summed E-state index contributed by atoms with van der Waals surface area (Å²) in [7, 11) is 2.74. The fraction of sp³-hybridized carbons (Fsp3) is 0.263. The van der Waals surface area contributed by atoms with Crippen LogP contribution in [-0.2, 0) is 11.2 Å². The van der Waals surface area contributed by atoms with Crippen LogP contribution in [0.2, 0.25) is 0 Å². The van der Waals surface area contributed by atoms with Gasteiger partial charge in [-0.1, -0.05) is 24.3 Å². The molecule has 0 aliphatic carbocycles. The number of ether oxygens (including phenoxy) is 2. The van der Waals surface area contributed by atoms with Crippen molar-refractivity contribution in [2.45, 2.75) is 12.5 Å². The normalized spacial score (nSPS) is 16.0. The molecule has 7 heteroatoms. The number of carbonyl (C=O) groups is 2. The Labute approximate surface area is 149 Å². The number of nitrogens with zero attached hydrogens (tertiary/aromatic N) is 1. The Morgan fingerprint density at radius 2 is 1.81 bits per heavy atom. The number of halogens is 1. The Kier molecular flexibility index (Phi) is 4.79. The van der Waals surface area contributed by atoms with E-state index >= 15 is 0 Å². The highest BCUT2D eigenvalue weighted by Crippen LogP contribution is 2.34. The summed E-state index contributed by atoms with van der Waals surface area (Å²) in [5.74, 6) is -2.31. The molecule has 1 heterocycles. The molecule has 136 valence electrons. The van der Waals surface area contributed by atoms with E-state index in [2.05, 4.69) is 0 Å². The summed E-state index contributed by atoms with van der Waals surface area (Å²) in [6.07, 6.45) is 0.501. The number of aliphatic carboxylic acids is 1. The summed E-state index contributed by atoms with van der Waals surface area (Å²) in [6.45, 7) is 0.181. The van der Waals surface area contributed by atoms with Gasteiger partial charge in [-0.2, -0.15) is 0 Å². The highest BCUT2D eigenvalue weighted by molar-refractivity contribution is 5.98. The third kappa shape index (κ3) is 2.96. The summed E-state index contributed by atoms with van der Waals surface area (Å²) < 4.78 is 24.6. The largest absolute Gasteiger partial charge is 0.493 e. The number of amides is 1. The monoisotopic (exact) mass is 359 g/mol. The van der Waals surface area contributed by atoms with Crippen molar-refractivity contribution in [3.8, 4) is 11.5 Å². The number of methoxy groups -OCH3 is 2. The molecule has 0 fully saturated rings. The van der Waals surface area contributed by atoms with Gasteiger partial charge in [0.25, 0.3) is 5.91 Å². The van der Waals surface area contributed by atoms with E-state index in [9.17, 15) is 19.1 Å². The van der Waals surface area contributed by atoms with Crippen molar-refractivity contribution < 1.29 is 28.6 Å². The second-order valence-electron chi connectivity index (χ2n) is 5.88. The predicted molar refractivity (Wildman–Crippen MR) is 91.1 cm³/mol. The second-order valence-corrected chi connectivity index (χ2v) is 5.88. The molecule has 0 spiro atoms. The molecule has 1 atom stereocenters. The van der Waals surface area contributed by atoms with E-state index in [0.29, 0.717) is 12.0 Å². The highest BCUT2D eigenvalue weighted by Gasteiger charge is 2.37. The van der Waals surface area contributed by atoms with Crippen LogP contribution in [0.3, 0.4) is 0 Å². The number of hydrogen-bond acceptors (Lipinski definition) is 4. The van der Waals surface area contributed by atoms with Crippen LogP contribution in [0.25, 0.3) is 0 Å². The zero-order valence-electron chi connectivity index (χ0n) is 14.4. The van der Waals surface area contributed by atoms with Crippen molar-refractivity contribution in [1.82, 2.24) is 4.90 Å².